The first kappa shape index (κ1) is 17.0. The summed E-state index contributed by atoms with van der Waals surface area (Å²) in [5.41, 5.74) is 3.30. The summed E-state index contributed by atoms with van der Waals surface area (Å²) in [7, 11) is 0. The second-order valence-corrected chi connectivity index (χ2v) is 8.64. The lowest BCUT2D eigenvalue weighted by Crippen LogP contribution is -2.60. The molecular weight excluding hydrogens is 322 g/mol. The lowest BCUT2D eigenvalue weighted by molar-refractivity contribution is 0.170. The van der Waals surface area contributed by atoms with Gasteiger partial charge in [0.25, 0.3) is 0 Å². The Morgan fingerprint density at radius 3 is 2.58 bits per heavy atom. The van der Waals surface area contributed by atoms with Crippen LogP contribution >= 0.6 is 0 Å². The predicted molar refractivity (Wildman–Crippen MR) is 106 cm³/mol. The molecule has 4 rings (SSSR count). The maximum atomic E-state index is 4.87. The quantitative estimate of drug-likeness (QED) is 0.747. The Bertz CT molecular complexity index is 909. The maximum Gasteiger partial charge on any atom is 0.126 e. The summed E-state index contributed by atoms with van der Waals surface area (Å²) >= 11 is 0. The Morgan fingerprint density at radius 2 is 1.81 bits per heavy atom. The van der Waals surface area contributed by atoms with Gasteiger partial charge in [-0.1, -0.05) is 12.1 Å². The predicted octanol–water partition coefficient (Wildman–Crippen LogP) is 4.12. The van der Waals surface area contributed by atoms with Crippen molar-refractivity contribution in [2.45, 2.75) is 57.7 Å². The van der Waals surface area contributed by atoms with Crippen LogP contribution in [-0.4, -0.2) is 31.7 Å². The molecule has 4 heterocycles. The summed E-state index contributed by atoms with van der Waals surface area (Å²) in [4.78, 5) is 4.87. The Hall–Kier alpha value is -2.40. The van der Waals surface area contributed by atoms with Crippen LogP contribution < -0.4 is 10.6 Å². The average molecular weight is 349 g/mol. The third kappa shape index (κ3) is 3.44. The number of pyridine rings is 2. The van der Waals surface area contributed by atoms with Crippen LogP contribution in [0.1, 0.15) is 40.5 Å². The van der Waals surface area contributed by atoms with Gasteiger partial charge < -0.3 is 10.6 Å². The maximum absolute atomic E-state index is 4.87. The van der Waals surface area contributed by atoms with Gasteiger partial charge in [-0.25, -0.2) is 9.50 Å². The molecule has 136 valence electrons. The lowest BCUT2D eigenvalue weighted by atomic mass is 9.79. The minimum Gasteiger partial charge on any atom is -0.367 e. The standard InChI is InChI=1S/C21H27N5/c1-20(2)12-15(13-21(3,4)25-20)23-19-10-7-8-17(24-19)16-14-22-26-11-6-5-9-18(16)26/h5-11,14-15,25H,12-13H2,1-4H3,(H,23,24). The molecule has 0 atom stereocenters. The smallest absolute Gasteiger partial charge is 0.126 e. The van der Waals surface area contributed by atoms with Crippen molar-refractivity contribution >= 4 is 11.3 Å². The molecule has 0 radical (unpaired) electrons. The summed E-state index contributed by atoms with van der Waals surface area (Å²) in [6.07, 6.45) is 5.98. The molecule has 3 aromatic heterocycles. The van der Waals surface area contributed by atoms with Crippen LogP contribution in [0.3, 0.4) is 0 Å². The third-order valence-corrected chi connectivity index (χ3v) is 4.99. The van der Waals surface area contributed by atoms with E-state index >= 15 is 0 Å². The van der Waals surface area contributed by atoms with E-state index in [4.69, 9.17) is 4.98 Å². The fourth-order valence-corrected chi connectivity index (χ4v) is 4.43. The third-order valence-electron chi connectivity index (χ3n) is 4.99. The number of nitrogens with zero attached hydrogens (tertiary/aromatic N) is 3. The van der Waals surface area contributed by atoms with Crippen molar-refractivity contribution in [2.24, 2.45) is 0 Å². The molecule has 1 aliphatic heterocycles. The van der Waals surface area contributed by atoms with Gasteiger partial charge >= 0.3 is 0 Å². The molecule has 3 aromatic rings. The van der Waals surface area contributed by atoms with Gasteiger partial charge in [0, 0.05) is 28.9 Å². The van der Waals surface area contributed by atoms with Crippen LogP contribution in [0.4, 0.5) is 5.82 Å². The highest BCUT2D eigenvalue weighted by Gasteiger charge is 2.37. The van der Waals surface area contributed by atoms with Gasteiger partial charge in [0.1, 0.15) is 5.82 Å². The Labute approximate surface area is 154 Å². The van der Waals surface area contributed by atoms with Gasteiger partial charge in [-0.3, -0.25) is 0 Å². The number of hydrogen-bond donors (Lipinski definition) is 2. The molecule has 1 saturated heterocycles. The molecule has 0 unspecified atom stereocenters. The Kier molecular flexibility index (Phi) is 3.99. The number of rotatable bonds is 3. The number of fused-ring (bicyclic) bond motifs is 1. The molecule has 0 aromatic carbocycles. The fourth-order valence-electron chi connectivity index (χ4n) is 4.43. The highest BCUT2D eigenvalue weighted by Crippen LogP contribution is 2.31. The topological polar surface area (TPSA) is 54.2 Å². The highest BCUT2D eigenvalue weighted by molar-refractivity contribution is 5.78. The fraction of sp³-hybridized carbons (Fsp3) is 0.429. The van der Waals surface area contributed by atoms with Crippen LogP contribution in [0.25, 0.3) is 16.8 Å². The van der Waals surface area contributed by atoms with Crippen LogP contribution in [-0.2, 0) is 0 Å². The van der Waals surface area contributed by atoms with Crippen LogP contribution in [0.2, 0.25) is 0 Å². The van der Waals surface area contributed by atoms with Gasteiger partial charge in [0.2, 0.25) is 0 Å². The van der Waals surface area contributed by atoms with Gasteiger partial charge in [-0.2, -0.15) is 5.10 Å². The van der Waals surface area contributed by atoms with E-state index in [0.717, 1.165) is 35.4 Å². The van der Waals surface area contributed by atoms with E-state index in [9.17, 15) is 0 Å². The molecule has 1 aliphatic rings. The van der Waals surface area contributed by atoms with Gasteiger partial charge in [0.15, 0.2) is 0 Å². The zero-order chi connectivity index (χ0) is 18.4. The number of hydrogen-bond acceptors (Lipinski definition) is 4. The number of anilines is 1. The minimum atomic E-state index is 0.111. The van der Waals surface area contributed by atoms with E-state index in [2.05, 4.69) is 61.6 Å². The van der Waals surface area contributed by atoms with Crippen molar-refractivity contribution in [2.75, 3.05) is 5.32 Å². The molecule has 5 heteroatoms. The first-order valence-electron chi connectivity index (χ1n) is 9.27. The summed E-state index contributed by atoms with van der Waals surface area (Å²) in [5.74, 6) is 0.927. The van der Waals surface area contributed by atoms with E-state index in [0.29, 0.717) is 6.04 Å². The summed E-state index contributed by atoms with van der Waals surface area (Å²) in [6.45, 7) is 9.08. The lowest BCUT2D eigenvalue weighted by Gasteiger charge is -2.46. The van der Waals surface area contributed by atoms with E-state index < -0.39 is 0 Å². The van der Waals surface area contributed by atoms with E-state index in [1.807, 2.05) is 35.1 Å². The normalized spacial score (nSPS) is 19.5. The molecule has 0 aliphatic carbocycles. The summed E-state index contributed by atoms with van der Waals surface area (Å²) in [5, 5.41) is 11.8. The van der Waals surface area contributed by atoms with Crippen LogP contribution in [0, 0.1) is 0 Å². The molecule has 26 heavy (non-hydrogen) atoms. The van der Waals surface area contributed by atoms with Crippen LogP contribution in [0.15, 0.2) is 48.8 Å². The minimum absolute atomic E-state index is 0.111. The zero-order valence-corrected chi connectivity index (χ0v) is 16.0. The average Bonchev–Trinajstić information content (AvgIpc) is 2.96. The van der Waals surface area contributed by atoms with Crippen molar-refractivity contribution < 1.29 is 0 Å². The van der Waals surface area contributed by atoms with Crippen molar-refractivity contribution in [1.29, 1.82) is 0 Å². The molecule has 0 amide bonds. The van der Waals surface area contributed by atoms with Crippen molar-refractivity contribution in [1.82, 2.24) is 19.9 Å². The number of piperidine rings is 1. The summed E-state index contributed by atoms with van der Waals surface area (Å²) in [6, 6.07) is 12.6. The molecular formula is C21H27N5. The Balaban J connectivity index is 1.60. The largest absolute Gasteiger partial charge is 0.367 e. The number of aromatic nitrogens is 3. The second kappa shape index (κ2) is 6.09. The molecule has 5 nitrogen and oxygen atoms in total. The molecule has 0 spiro atoms. The highest BCUT2D eigenvalue weighted by atomic mass is 15.2. The SMILES string of the molecule is CC1(C)CC(Nc2cccc(-c3cnn4ccccc34)n2)CC(C)(C)N1. The van der Waals surface area contributed by atoms with Crippen molar-refractivity contribution in [3.05, 3.63) is 48.8 Å². The molecule has 2 N–H and O–H groups in total. The van der Waals surface area contributed by atoms with E-state index in [1.54, 1.807) is 0 Å². The molecule has 0 saturated carbocycles. The van der Waals surface area contributed by atoms with Gasteiger partial charge in [0.05, 0.1) is 17.4 Å². The molecule has 0 bridgehead atoms. The summed E-state index contributed by atoms with van der Waals surface area (Å²) < 4.78 is 1.88. The number of nitrogens with one attached hydrogen (secondary N) is 2. The van der Waals surface area contributed by atoms with Gasteiger partial charge in [-0.15, -0.1) is 0 Å². The van der Waals surface area contributed by atoms with E-state index in [-0.39, 0.29) is 11.1 Å². The van der Waals surface area contributed by atoms with Crippen molar-refractivity contribution in [3.63, 3.8) is 0 Å². The zero-order valence-electron chi connectivity index (χ0n) is 16.0. The van der Waals surface area contributed by atoms with Crippen LogP contribution in [0.5, 0.6) is 0 Å². The first-order valence-corrected chi connectivity index (χ1v) is 9.27. The monoisotopic (exact) mass is 349 g/mol. The van der Waals surface area contributed by atoms with Gasteiger partial charge in [-0.05, 0) is 64.8 Å². The molecule has 1 fully saturated rings. The second-order valence-electron chi connectivity index (χ2n) is 8.64. The first-order chi connectivity index (χ1) is 12.3. The Morgan fingerprint density at radius 1 is 1.04 bits per heavy atom. The van der Waals surface area contributed by atoms with E-state index in [1.165, 1.54) is 0 Å². The van der Waals surface area contributed by atoms with Crippen molar-refractivity contribution in [3.8, 4) is 11.3 Å².